The number of carbonyl (C=O) groups is 2. The summed E-state index contributed by atoms with van der Waals surface area (Å²) < 4.78 is 5.07. The minimum Gasteiger partial charge on any atom is -0.452 e. The number of para-hydroxylation sites is 1. The minimum atomic E-state index is -0.728. The standard InChI is InChI=1S/C19H14ClN3O5/c1-11-8-14(13-4-2-3-5-15(13)21-11)19(25)28-10-18(24)22-16-9-12(20)6-7-17(16)23(26)27/h2-9H,10H2,1H3,(H,22,24). The fraction of sp³-hybridized carbons (Fsp3) is 0.105. The topological polar surface area (TPSA) is 111 Å². The Balaban J connectivity index is 1.73. The monoisotopic (exact) mass is 399 g/mol. The summed E-state index contributed by atoms with van der Waals surface area (Å²) in [5, 5.41) is 14.2. The average molecular weight is 400 g/mol. The number of carbonyl (C=O) groups excluding carboxylic acids is 2. The third kappa shape index (κ3) is 4.24. The summed E-state index contributed by atoms with van der Waals surface area (Å²) in [5.74, 6) is -1.42. The van der Waals surface area contributed by atoms with Crippen LogP contribution in [0.5, 0.6) is 0 Å². The van der Waals surface area contributed by atoms with E-state index in [2.05, 4.69) is 10.3 Å². The van der Waals surface area contributed by atoms with Crippen LogP contribution in [0.2, 0.25) is 5.02 Å². The van der Waals surface area contributed by atoms with Gasteiger partial charge >= 0.3 is 5.97 Å². The summed E-state index contributed by atoms with van der Waals surface area (Å²) in [6, 6.07) is 12.4. The number of benzene rings is 2. The van der Waals surface area contributed by atoms with Crippen LogP contribution in [0.3, 0.4) is 0 Å². The van der Waals surface area contributed by atoms with Gasteiger partial charge in [0, 0.05) is 22.2 Å². The van der Waals surface area contributed by atoms with Crippen molar-refractivity contribution in [3.63, 3.8) is 0 Å². The zero-order valence-corrected chi connectivity index (χ0v) is 15.4. The lowest BCUT2D eigenvalue weighted by Gasteiger charge is -2.09. The molecule has 1 heterocycles. The molecule has 142 valence electrons. The molecule has 0 unspecified atom stereocenters. The molecule has 8 nitrogen and oxygen atoms in total. The molecule has 0 aliphatic heterocycles. The van der Waals surface area contributed by atoms with Crippen LogP contribution >= 0.6 is 11.6 Å². The van der Waals surface area contributed by atoms with E-state index >= 15 is 0 Å². The highest BCUT2D eigenvalue weighted by atomic mass is 35.5. The molecule has 0 spiro atoms. The first-order valence-electron chi connectivity index (χ1n) is 8.12. The van der Waals surface area contributed by atoms with Crippen molar-refractivity contribution in [1.29, 1.82) is 0 Å². The molecule has 0 aliphatic carbocycles. The van der Waals surface area contributed by atoms with Gasteiger partial charge in [-0.25, -0.2) is 4.79 Å². The Hall–Kier alpha value is -3.52. The van der Waals surface area contributed by atoms with Crippen molar-refractivity contribution in [1.82, 2.24) is 4.98 Å². The fourth-order valence-electron chi connectivity index (χ4n) is 2.64. The number of aromatic nitrogens is 1. The smallest absolute Gasteiger partial charge is 0.339 e. The number of anilines is 1. The number of hydrogen-bond acceptors (Lipinski definition) is 6. The molecule has 1 N–H and O–H groups in total. The molecule has 0 fully saturated rings. The molecule has 0 saturated heterocycles. The summed E-state index contributed by atoms with van der Waals surface area (Å²) in [6.07, 6.45) is 0. The van der Waals surface area contributed by atoms with Crippen molar-refractivity contribution in [3.8, 4) is 0 Å². The Morgan fingerprint density at radius 2 is 1.96 bits per heavy atom. The lowest BCUT2D eigenvalue weighted by atomic mass is 10.1. The van der Waals surface area contributed by atoms with Crippen molar-refractivity contribution in [3.05, 3.63) is 74.9 Å². The molecule has 0 bridgehead atoms. The predicted octanol–water partition coefficient (Wildman–Crippen LogP) is 3.90. The lowest BCUT2D eigenvalue weighted by molar-refractivity contribution is -0.383. The number of pyridine rings is 1. The number of esters is 1. The summed E-state index contributed by atoms with van der Waals surface area (Å²) in [5.41, 5.74) is 1.14. The predicted molar refractivity (Wildman–Crippen MR) is 103 cm³/mol. The zero-order chi connectivity index (χ0) is 20.3. The number of amides is 1. The van der Waals surface area contributed by atoms with Crippen LogP contribution in [0.4, 0.5) is 11.4 Å². The van der Waals surface area contributed by atoms with Gasteiger partial charge in [-0.2, -0.15) is 0 Å². The Kier molecular flexibility index (Phi) is 5.51. The molecule has 0 saturated carbocycles. The number of ether oxygens (including phenoxy) is 1. The van der Waals surface area contributed by atoms with Crippen LogP contribution in [0.1, 0.15) is 16.1 Å². The van der Waals surface area contributed by atoms with Crippen molar-refractivity contribution < 1.29 is 19.2 Å². The number of nitrogens with one attached hydrogen (secondary N) is 1. The summed E-state index contributed by atoms with van der Waals surface area (Å²) in [4.78, 5) is 39.3. The molecule has 0 atom stereocenters. The fourth-order valence-corrected chi connectivity index (χ4v) is 2.81. The SMILES string of the molecule is Cc1cc(C(=O)OCC(=O)Nc2cc(Cl)ccc2[N+](=O)[O-])c2ccccc2n1. The zero-order valence-electron chi connectivity index (χ0n) is 14.6. The van der Waals surface area contributed by atoms with Crippen LogP contribution in [0.15, 0.2) is 48.5 Å². The Bertz CT molecular complexity index is 1100. The van der Waals surface area contributed by atoms with Gasteiger partial charge in [-0.05, 0) is 31.2 Å². The normalized spacial score (nSPS) is 10.5. The summed E-state index contributed by atoms with van der Waals surface area (Å²) in [6.45, 7) is 1.13. The van der Waals surface area contributed by atoms with Crippen LogP contribution in [-0.2, 0) is 9.53 Å². The van der Waals surface area contributed by atoms with Crippen LogP contribution < -0.4 is 5.32 Å². The first kappa shape index (κ1) is 19.2. The first-order valence-corrected chi connectivity index (χ1v) is 8.50. The highest BCUT2D eigenvalue weighted by Gasteiger charge is 2.18. The second-order valence-electron chi connectivity index (χ2n) is 5.87. The molecule has 2 aromatic carbocycles. The Morgan fingerprint density at radius 3 is 2.71 bits per heavy atom. The van der Waals surface area contributed by atoms with E-state index in [4.69, 9.17) is 16.3 Å². The van der Waals surface area contributed by atoms with E-state index in [0.717, 1.165) is 0 Å². The maximum Gasteiger partial charge on any atom is 0.339 e. The van der Waals surface area contributed by atoms with Gasteiger partial charge in [-0.15, -0.1) is 0 Å². The van der Waals surface area contributed by atoms with Crippen LogP contribution in [0.25, 0.3) is 10.9 Å². The Morgan fingerprint density at radius 1 is 1.21 bits per heavy atom. The summed E-state index contributed by atoms with van der Waals surface area (Å²) >= 11 is 5.82. The highest BCUT2D eigenvalue weighted by molar-refractivity contribution is 6.31. The molecular weight excluding hydrogens is 386 g/mol. The quantitative estimate of drug-likeness (QED) is 0.395. The third-order valence-corrected chi connectivity index (χ3v) is 4.06. The molecule has 3 rings (SSSR count). The number of nitro groups is 1. The van der Waals surface area contributed by atoms with E-state index in [1.54, 1.807) is 37.3 Å². The van der Waals surface area contributed by atoms with E-state index in [1.807, 2.05) is 0 Å². The maximum absolute atomic E-state index is 12.4. The van der Waals surface area contributed by atoms with Crippen molar-refractivity contribution in [2.24, 2.45) is 0 Å². The van der Waals surface area contributed by atoms with E-state index in [9.17, 15) is 19.7 Å². The van der Waals surface area contributed by atoms with E-state index < -0.39 is 23.4 Å². The van der Waals surface area contributed by atoms with E-state index in [0.29, 0.717) is 16.6 Å². The van der Waals surface area contributed by atoms with Gasteiger partial charge in [0.05, 0.1) is 16.0 Å². The highest BCUT2D eigenvalue weighted by Crippen LogP contribution is 2.27. The number of aryl methyl sites for hydroxylation is 1. The van der Waals surface area contributed by atoms with Gasteiger partial charge in [0.1, 0.15) is 5.69 Å². The van der Waals surface area contributed by atoms with Crippen molar-refractivity contribution in [2.45, 2.75) is 6.92 Å². The van der Waals surface area contributed by atoms with Gasteiger partial charge in [0.25, 0.3) is 11.6 Å². The first-order chi connectivity index (χ1) is 13.3. The second kappa shape index (κ2) is 8.01. The number of hydrogen-bond donors (Lipinski definition) is 1. The number of halogens is 1. The van der Waals surface area contributed by atoms with Crippen LogP contribution in [0, 0.1) is 17.0 Å². The molecule has 0 aliphatic rings. The number of nitro benzene ring substituents is 1. The number of fused-ring (bicyclic) bond motifs is 1. The lowest BCUT2D eigenvalue weighted by Crippen LogP contribution is -2.21. The maximum atomic E-state index is 12.4. The third-order valence-electron chi connectivity index (χ3n) is 3.83. The molecule has 3 aromatic rings. The number of rotatable bonds is 5. The van der Waals surface area contributed by atoms with Gasteiger partial charge in [0.2, 0.25) is 0 Å². The van der Waals surface area contributed by atoms with Gasteiger partial charge < -0.3 is 10.1 Å². The molecule has 9 heteroatoms. The van der Waals surface area contributed by atoms with Gasteiger partial charge in [-0.3, -0.25) is 19.9 Å². The molecule has 1 aromatic heterocycles. The number of nitrogens with zero attached hydrogens (tertiary/aromatic N) is 2. The van der Waals surface area contributed by atoms with Gasteiger partial charge in [0.15, 0.2) is 6.61 Å². The summed E-state index contributed by atoms with van der Waals surface area (Å²) in [7, 11) is 0. The van der Waals surface area contributed by atoms with E-state index in [-0.39, 0.29) is 22.0 Å². The second-order valence-corrected chi connectivity index (χ2v) is 6.31. The molecule has 28 heavy (non-hydrogen) atoms. The molecule has 0 radical (unpaired) electrons. The van der Waals surface area contributed by atoms with Crippen molar-refractivity contribution in [2.75, 3.05) is 11.9 Å². The Labute approximate surface area is 164 Å². The van der Waals surface area contributed by atoms with Gasteiger partial charge in [-0.1, -0.05) is 29.8 Å². The van der Waals surface area contributed by atoms with E-state index in [1.165, 1.54) is 18.2 Å². The largest absolute Gasteiger partial charge is 0.452 e. The molecule has 1 amide bonds. The van der Waals surface area contributed by atoms with Crippen molar-refractivity contribution >= 4 is 45.8 Å². The minimum absolute atomic E-state index is 0.0799. The van der Waals surface area contributed by atoms with Crippen LogP contribution in [-0.4, -0.2) is 28.4 Å². The average Bonchev–Trinajstić information content (AvgIpc) is 2.65. The molecular formula is C19H14ClN3O5.